The Hall–Kier alpha value is -9.57. The molecule has 2 aliphatic rings. The van der Waals surface area contributed by atoms with Crippen LogP contribution in [-0.4, -0.2) is 84.3 Å². The number of anilines is 5. The molecule has 2 unspecified atom stereocenters. The van der Waals surface area contributed by atoms with Gasteiger partial charge in [-0.1, -0.05) is 143 Å². The Bertz CT molecular complexity index is 3370. The number of aromatic nitrogens is 1. The number of fused-ring (bicyclic) bond motifs is 2. The minimum atomic E-state index is -1.29. The molecule has 3 heterocycles. The Morgan fingerprint density at radius 3 is 1.66 bits per heavy atom. The number of urea groups is 2. The van der Waals surface area contributed by atoms with Gasteiger partial charge in [-0.25, -0.2) is 19.6 Å². The third kappa shape index (κ3) is 13.4. The number of carbonyl (C=O) groups is 6. The number of amides is 6. The molecule has 392 valence electrons. The van der Waals surface area contributed by atoms with Gasteiger partial charge in [0.05, 0.1) is 41.6 Å². The van der Waals surface area contributed by atoms with E-state index < -0.39 is 41.6 Å². The van der Waals surface area contributed by atoms with Gasteiger partial charge in [-0.15, -0.1) is 0 Å². The van der Waals surface area contributed by atoms with Crippen LogP contribution in [0.25, 0.3) is 0 Å². The molecule has 2 aliphatic heterocycles. The highest BCUT2D eigenvalue weighted by Gasteiger charge is 2.37. The molecule has 1 aromatic heterocycles. The summed E-state index contributed by atoms with van der Waals surface area (Å²) in [7, 11) is 1.78. The van der Waals surface area contributed by atoms with Gasteiger partial charge in [0, 0.05) is 58.0 Å². The van der Waals surface area contributed by atoms with Crippen molar-refractivity contribution in [1.82, 2.24) is 15.6 Å². The van der Waals surface area contributed by atoms with Crippen LogP contribution in [0.4, 0.5) is 38.0 Å². The van der Waals surface area contributed by atoms with Crippen molar-refractivity contribution in [2.75, 3.05) is 45.9 Å². The van der Waals surface area contributed by atoms with Gasteiger partial charge < -0.3 is 36.4 Å². The van der Waals surface area contributed by atoms with Crippen molar-refractivity contribution in [3.63, 3.8) is 0 Å². The second-order valence-corrected chi connectivity index (χ2v) is 19.0. The van der Waals surface area contributed by atoms with E-state index in [1.807, 2.05) is 138 Å². The molecule has 0 saturated heterocycles. The molecule has 16 nitrogen and oxygen atoms in total. The first-order valence-electron chi connectivity index (χ1n) is 24.6. The molecule has 0 radical (unpaired) electrons. The Balaban J connectivity index is 0.000000221. The van der Waals surface area contributed by atoms with Gasteiger partial charge in [-0.2, -0.15) is 0 Å². The van der Waals surface area contributed by atoms with Gasteiger partial charge in [-0.3, -0.25) is 24.2 Å². The number of aryl methyl sites for hydroxylation is 2. The van der Waals surface area contributed by atoms with Crippen LogP contribution in [0, 0.1) is 19.3 Å². The van der Waals surface area contributed by atoms with E-state index in [1.165, 1.54) is 9.80 Å². The number of nitrogens with one attached hydrogen (secondary N) is 5. The summed E-state index contributed by atoms with van der Waals surface area (Å²) in [6.45, 7) is 8.85. The van der Waals surface area contributed by atoms with Crippen LogP contribution in [0.1, 0.15) is 72.1 Å². The largest absolute Gasteiger partial charge is 0.388 e. The fourth-order valence-electron chi connectivity index (χ4n) is 8.46. The van der Waals surface area contributed by atoms with Crippen molar-refractivity contribution in [3.05, 3.63) is 215 Å². The van der Waals surface area contributed by atoms with E-state index in [0.29, 0.717) is 56.6 Å². The zero-order valence-corrected chi connectivity index (χ0v) is 43.0. The Labute approximate surface area is 448 Å². The number of aliphatic imine (C=N–C) groups is 2. The average Bonchev–Trinajstić information content (AvgIpc) is 3.62. The first kappa shape index (κ1) is 55.2. The summed E-state index contributed by atoms with van der Waals surface area (Å²) in [5.41, 5.74) is 8.38. The van der Waals surface area contributed by atoms with E-state index >= 15 is 0 Å². The van der Waals surface area contributed by atoms with Gasteiger partial charge in [0.15, 0.2) is 11.6 Å². The lowest BCUT2D eigenvalue weighted by atomic mass is 9.90. The highest BCUT2D eigenvalue weighted by atomic mass is 16.2. The monoisotopic (exact) mass is 1030 g/mol. The molecule has 9 rings (SSSR count). The number of rotatable bonds is 12. The van der Waals surface area contributed by atoms with Crippen LogP contribution < -0.4 is 36.4 Å². The molecule has 0 spiro atoms. The Kier molecular flexibility index (Phi) is 17.7. The number of hydrogen-bond acceptors (Lipinski definition) is 10. The lowest BCUT2D eigenvalue weighted by Crippen LogP contribution is -2.50. The predicted molar refractivity (Wildman–Crippen MR) is 305 cm³/mol. The Morgan fingerprint density at radius 1 is 0.558 bits per heavy atom. The number of nitrogens with zero attached hydrogens (tertiary/aromatic N) is 5. The summed E-state index contributed by atoms with van der Waals surface area (Å²) >= 11 is 0. The molecule has 7 aromatic rings. The maximum Gasteiger partial charge on any atom is 0.321 e. The third-order valence-electron chi connectivity index (χ3n) is 12.5. The molecule has 2 atom stereocenters. The van der Waals surface area contributed by atoms with Crippen molar-refractivity contribution < 1.29 is 28.8 Å². The topological polar surface area (TPSA) is 207 Å². The molecule has 0 saturated carbocycles. The van der Waals surface area contributed by atoms with Crippen LogP contribution >= 0.6 is 0 Å². The van der Waals surface area contributed by atoms with Gasteiger partial charge in [0.2, 0.25) is 12.3 Å². The molecular weight excluding hydrogens is 969 g/mol. The Morgan fingerprint density at radius 2 is 1.08 bits per heavy atom. The van der Waals surface area contributed by atoms with Gasteiger partial charge in [-0.05, 0) is 79.6 Å². The van der Waals surface area contributed by atoms with Gasteiger partial charge in [0.25, 0.3) is 11.8 Å². The van der Waals surface area contributed by atoms with E-state index in [1.54, 1.807) is 80.0 Å². The molecule has 6 amide bonds. The molecule has 5 N–H and O–H groups in total. The number of ketones is 2. The molecule has 77 heavy (non-hydrogen) atoms. The summed E-state index contributed by atoms with van der Waals surface area (Å²) in [6, 6.07) is 50.1. The molecular formula is C61H62N10O6. The van der Waals surface area contributed by atoms with Crippen molar-refractivity contribution in [2.45, 2.75) is 54.4 Å². The van der Waals surface area contributed by atoms with E-state index in [9.17, 15) is 28.8 Å². The number of benzene rings is 6. The maximum atomic E-state index is 14.0. The fourth-order valence-corrected chi connectivity index (χ4v) is 8.46. The van der Waals surface area contributed by atoms with Crippen LogP contribution in [0.5, 0.6) is 0 Å². The normalized spacial score (nSPS) is 14.7. The number of Topliss-reactive ketones (excluding diaryl/α,β-unsaturated/α-hetero) is 2. The van der Waals surface area contributed by atoms with Crippen LogP contribution in [0.15, 0.2) is 186 Å². The summed E-state index contributed by atoms with van der Waals surface area (Å²) < 4.78 is 0. The second kappa shape index (κ2) is 24.6. The van der Waals surface area contributed by atoms with Gasteiger partial charge >= 0.3 is 12.1 Å². The second-order valence-electron chi connectivity index (χ2n) is 19.0. The molecule has 6 aromatic carbocycles. The van der Waals surface area contributed by atoms with E-state index in [2.05, 4.69) is 36.6 Å². The third-order valence-corrected chi connectivity index (χ3v) is 12.5. The smallest absolute Gasteiger partial charge is 0.321 e. The first-order chi connectivity index (χ1) is 36.6. The number of pyridine rings is 1. The van der Waals surface area contributed by atoms with Crippen molar-refractivity contribution in [2.24, 2.45) is 15.4 Å². The molecule has 0 aliphatic carbocycles. The lowest BCUT2D eigenvalue weighted by Gasteiger charge is -2.28. The highest BCUT2D eigenvalue weighted by molar-refractivity contribution is 6.22. The average molecular weight is 1030 g/mol. The summed E-state index contributed by atoms with van der Waals surface area (Å²) in [5, 5.41) is 13.9. The summed E-state index contributed by atoms with van der Waals surface area (Å²) in [6.07, 6.45) is -0.912. The highest BCUT2D eigenvalue weighted by Crippen LogP contribution is 2.31. The van der Waals surface area contributed by atoms with Crippen LogP contribution in [-0.2, 0) is 14.4 Å². The maximum absolute atomic E-state index is 14.0. The zero-order chi connectivity index (χ0) is 53.9. The summed E-state index contributed by atoms with van der Waals surface area (Å²) in [5.74, 6) is -1.35. The quantitative estimate of drug-likeness (QED) is 0.0743. The minimum absolute atomic E-state index is 0. The van der Waals surface area contributed by atoms with E-state index in [4.69, 9.17) is 4.99 Å². The van der Waals surface area contributed by atoms with E-state index in [0.717, 1.165) is 22.4 Å². The first-order valence-corrected chi connectivity index (χ1v) is 24.6. The minimum Gasteiger partial charge on any atom is -0.388 e. The summed E-state index contributed by atoms with van der Waals surface area (Å²) in [4.78, 5) is 97.0. The van der Waals surface area contributed by atoms with Crippen molar-refractivity contribution in [1.29, 1.82) is 0 Å². The van der Waals surface area contributed by atoms with Crippen LogP contribution in [0.3, 0.4) is 0 Å². The van der Waals surface area contributed by atoms with Crippen molar-refractivity contribution >= 4 is 75.3 Å². The van der Waals surface area contributed by atoms with Gasteiger partial charge in [0.1, 0.15) is 0 Å². The number of carbonyl (C=O) groups excluding carboxylic acids is 6. The predicted octanol–water partition coefficient (Wildman–Crippen LogP) is 10.2. The zero-order valence-electron chi connectivity index (χ0n) is 43.0. The molecule has 16 heteroatoms. The molecule has 0 fully saturated rings. The lowest BCUT2D eigenvalue weighted by molar-refractivity contribution is -0.127. The van der Waals surface area contributed by atoms with Crippen LogP contribution in [0.2, 0.25) is 0 Å². The fraction of sp³-hybridized carbons (Fsp3) is 0.197. The van der Waals surface area contributed by atoms with E-state index in [-0.39, 0.29) is 32.1 Å². The van der Waals surface area contributed by atoms with Crippen molar-refractivity contribution in [3.8, 4) is 0 Å². The standard InChI is InChI=1S/C32H28N4O3.C28H30N6O3.CH4/c1-21-11-10-15-24(19-21)33-32(39)35-30-31(38)36(20-28(37)25-16-7-6-12-22(25)2)27-18-9-8-17-26(27)29(34-30)23-13-4-3-5-14-23;1-28(2,3)23(35)17-34-22-14-6-5-12-20(22)24(21-13-7-8-15-30-21)32-25(26(34)36)33-27(37)31-19-11-9-10-18(16-19)29-4;/h3-19,30H,20H2,1-2H3,(H2,33,35,39);5-16,25,29H,17H2,1-4H3,(H2,31,33,37);1H4. The number of para-hydroxylation sites is 2. The molecule has 0 bridgehead atoms. The number of benzodiazepines with no additional fused rings is 2. The number of hydrogen-bond donors (Lipinski definition) is 5. The SMILES string of the molecule is C.CNc1cccc(NC(=O)NC2N=C(c3ccccn3)c3ccccc3N(CC(=O)C(C)(C)C)C2=O)c1.Cc1cccc(NC(=O)NC2N=C(c3ccccc3)c3ccccc3N(CC(=O)c3ccccc3C)C2=O)c1.